The van der Waals surface area contributed by atoms with Crippen molar-refractivity contribution in [3.8, 4) is 11.5 Å². The third-order valence-corrected chi connectivity index (χ3v) is 4.33. The van der Waals surface area contributed by atoms with Gasteiger partial charge < -0.3 is 13.9 Å². The fourth-order valence-electron chi connectivity index (χ4n) is 2.78. The minimum atomic E-state index is 0.0410. The SMILES string of the molecule is Cc1noc(C)c1CC(=O)N1CC(c2nc(-c3cnccn3)no2)C1. The van der Waals surface area contributed by atoms with Gasteiger partial charge in [0, 0.05) is 31.0 Å². The minimum Gasteiger partial charge on any atom is -0.361 e. The van der Waals surface area contributed by atoms with Crippen LogP contribution in [0.2, 0.25) is 0 Å². The van der Waals surface area contributed by atoms with Crippen LogP contribution in [0.4, 0.5) is 0 Å². The highest BCUT2D eigenvalue weighted by atomic mass is 16.5. The lowest BCUT2D eigenvalue weighted by Gasteiger charge is -2.37. The highest BCUT2D eigenvalue weighted by Gasteiger charge is 2.36. The van der Waals surface area contributed by atoms with Crippen LogP contribution in [0.25, 0.3) is 11.5 Å². The molecule has 3 aromatic rings. The molecule has 4 rings (SSSR count). The summed E-state index contributed by atoms with van der Waals surface area (Å²) in [5, 5.41) is 7.81. The first kappa shape index (κ1) is 15.4. The Bertz CT molecular complexity index is 878. The molecule has 0 bridgehead atoms. The average Bonchev–Trinajstić information content (AvgIpc) is 3.17. The summed E-state index contributed by atoms with van der Waals surface area (Å²) in [5.74, 6) is 1.70. The monoisotopic (exact) mass is 340 g/mol. The lowest BCUT2D eigenvalue weighted by molar-refractivity contribution is -0.135. The van der Waals surface area contributed by atoms with Gasteiger partial charge in [-0.1, -0.05) is 10.3 Å². The Hall–Kier alpha value is -3.10. The third-order valence-electron chi connectivity index (χ3n) is 4.33. The van der Waals surface area contributed by atoms with E-state index in [0.717, 1.165) is 11.3 Å². The number of likely N-dealkylation sites (tertiary alicyclic amines) is 1. The van der Waals surface area contributed by atoms with E-state index in [2.05, 4.69) is 25.3 Å². The Morgan fingerprint density at radius 1 is 1.24 bits per heavy atom. The highest BCUT2D eigenvalue weighted by Crippen LogP contribution is 2.28. The first-order valence-electron chi connectivity index (χ1n) is 7.91. The van der Waals surface area contributed by atoms with Crippen molar-refractivity contribution in [3.05, 3.63) is 41.5 Å². The fraction of sp³-hybridized carbons (Fsp3) is 0.375. The second-order valence-electron chi connectivity index (χ2n) is 6.02. The van der Waals surface area contributed by atoms with Crippen molar-refractivity contribution in [1.82, 2.24) is 30.2 Å². The summed E-state index contributed by atoms with van der Waals surface area (Å²) in [5.41, 5.74) is 2.17. The first-order valence-corrected chi connectivity index (χ1v) is 7.91. The first-order chi connectivity index (χ1) is 12.1. The third kappa shape index (κ3) is 2.88. The zero-order valence-electron chi connectivity index (χ0n) is 13.8. The zero-order valence-corrected chi connectivity index (χ0v) is 13.8. The predicted octanol–water partition coefficient (Wildman–Crippen LogP) is 1.30. The molecule has 0 aliphatic carbocycles. The summed E-state index contributed by atoms with van der Waals surface area (Å²) in [4.78, 5) is 26.6. The van der Waals surface area contributed by atoms with Gasteiger partial charge in [0.25, 0.3) is 0 Å². The van der Waals surface area contributed by atoms with E-state index in [1.165, 1.54) is 0 Å². The molecule has 0 radical (unpaired) electrons. The minimum absolute atomic E-state index is 0.0410. The number of hydrogen-bond acceptors (Lipinski definition) is 8. The molecule has 3 aromatic heterocycles. The molecule has 1 aliphatic rings. The Morgan fingerprint density at radius 2 is 2.08 bits per heavy atom. The van der Waals surface area contributed by atoms with E-state index >= 15 is 0 Å². The van der Waals surface area contributed by atoms with E-state index in [9.17, 15) is 4.79 Å². The maximum atomic E-state index is 12.4. The van der Waals surface area contributed by atoms with Crippen molar-refractivity contribution in [2.75, 3.05) is 13.1 Å². The topological polar surface area (TPSA) is 111 Å². The van der Waals surface area contributed by atoms with Gasteiger partial charge in [-0.3, -0.25) is 9.78 Å². The summed E-state index contributed by atoms with van der Waals surface area (Å²) in [6, 6.07) is 0. The molecule has 25 heavy (non-hydrogen) atoms. The molecule has 0 aromatic carbocycles. The zero-order chi connectivity index (χ0) is 17.4. The van der Waals surface area contributed by atoms with Crippen molar-refractivity contribution in [2.45, 2.75) is 26.2 Å². The number of rotatable bonds is 4. The van der Waals surface area contributed by atoms with Crippen LogP contribution in [-0.4, -0.2) is 49.2 Å². The fourth-order valence-corrected chi connectivity index (χ4v) is 2.78. The molecular formula is C16H16N6O3. The van der Waals surface area contributed by atoms with Crippen LogP contribution in [0.15, 0.2) is 27.6 Å². The van der Waals surface area contributed by atoms with Gasteiger partial charge in [-0.2, -0.15) is 4.98 Å². The maximum absolute atomic E-state index is 12.4. The standard InChI is InChI=1S/C16H16N6O3/c1-9-12(10(2)24-20-9)5-14(23)22-7-11(8-22)16-19-15(21-25-16)13-6-17-3-4-18-13/h3-4,6,11H,5,7-8H2,1-2H3. The van der Waals surface area contributed by atoms with Crippen molar-refractivity contribution >= 4 is 5.91 Å². The molecule has 0 unspecified atom stereocenters. The molecule has 1 fully saturated rings. The van der Waals surface area contributed by atoms with E-state index in [-0.39, 0.29) is 11.8 Å². The summed E-state index contributed by atoms with van der Waals surface area (Å²) >= 11 is 0. The smallest absolute Gasteiger partial charge is 0.233 e. The molecule has 4 heterocycles. The molecule has 1 amide bonds. The van der Waals surface area contributed by atoms with Gasteiger partial charge in [0.2, 0.25) is 17.6 Å². The van der Waals surface area contributed by atoms with Crippen LogP contribution in [0, 0.1) is 13.8 Å². The summed E-state index contributed by atoms with van der Waals surface area (Å²) in [6.45, 7) is 4.77. The van der Waals surface area contributed by atoms with Crippen LogP contribution in [-0.2, 0) is 11.2 Å². The molecule has 9 heteroatoms. The van der Waals surface area contributed by atoms with Gasteiger partial charge in [-0.05, 0) is 13.8 Å². The Morgan fingerprint density at radius 3 is 2.76 bits per heavy atom. The van der Waals surface area contributed by atoms with Gasteiger partial charge in [-0.15, -0.1) is 0 Å². The Labute approximate surface area is 143 Å². The number of carbonyl (C=O) groups is 1. The molecular weight excluding hydrogens is 324 g/mol. The van der Waals surface area contributed by atoms with Crippen LogP contribution in [0.5, 0.6) is 0 Å². The van der Waals surface area contributed by atoms with Gasteiger partial charge in [0.05, 0.1) is 24.2 Å². The second kappa shape index (κ2) is 6.08. The van der Waals surface area contributed by atoms with E-state index in [1.807, 2.05) is 13.8 Å². The molecule has 0 saturated carbocycles. The van der Waals surface area contributed by atoms with E-state index < -0.39 is 0 Å². The lowest BCUT2D eigenvalue weighted by Crippen LogP contribution is -2.49. The predicted molar refractivity (Wildman–Crippen MR) is 84.3 cm³/mol. The number of aromatic nitrogens is 5. The van der Waals surface area contributed by atoms with Crippen LogP contribution < -0.4 is 0 Å². The molecule has 0 atom stereocenters. The van der Waals surface area contributed by atoms with Gasteiger partial charge in [-0.25, -0.2) is 4.98 Å². The van der Waals surface area contributed by atoms with E-state index in [4.69, 9.17) is 9.05 Å². The quantitative estimate of drug-likeness (QED) is 0.699. The number of nitrogens with zero attached hydrogens (tertiary/aromatic N) is 6. The molecule has 1 aliphatic heterocycles. The van der Waals surface area contributed by atoms with E-state index in [1.54, 1.807) is 23.5 Å². The Kier molecular flexibility index (Phi) is 3.75. The molecule has 0 N–H and O–H groups in total. The molecule has 128 valence electrons. The number of hydrogen-bond donors (Lipinski definition) is 0. The van der Waals surface area contributed by atoms with Crippen LogP contribution in [0.3, 0.4) is 0 Å². The van der Waals surface area contributed by atoms with E-state index in [0.29, 0.717) is 42.7 Å². The number of aryl methyl sites for hydroxylation is 2. The maximum Gasteiger partial charge on any atom is 0.233 e. The Balaban J connectivity index is 1.38. The van der Waals surface area contributed by atoms with Crippen LogP contribution in [0.1, 0.15) is 28.8 Å². The van der Waals surface area contributed by atoms with Gasteiger partial charge in [0.1, 0.15) is 11.5 Å². The summed E-state index contributed by atoms with van der Waals surface area (Å²) < 4.78 is 10.4. The van der Waals surface area contributed by atoms with Crippen molar-refractivity contribution < 1.29 is 13.8 Å². The van der Waals surface area contributed by atoms with Crippen molar-refractivity contribution in [2.24, 2.45) is 0 Å². The molecule has 0 spiro atoms. The lowest BCUT2D eigenvalue weighted by atomic mass is 9.98. The summed E-state index contributed by atoms with van der Waals surface area (Å²) in [6.07, 6.45) is 5.03. The summed E-state index contributed by atoms with van der Waals surface area (Å²) in [7, 11) is 0. The van der Waals surface area contributed by atoms with Gasteiger partial charge in [0.15, 0.2) is 0 Å². The van der Waals surface area contributed by atoms with Crippen molar-refractivity contribution in [3.63, 3.8) is 0 Å². The normalized spacial score (nSPS) is 14.6. The second-order valence-corrected chi connectivity index (χ2v) is 6.02. The average molecular weight is 340 g/mol. The number of amides is 1. The molecule has 9 nitrogen and oxygen atoms in total. The largest absolute Gasteiger partial charge is 0.361 e. The van der Waals surface area contributed by atoms with Crippen LogP contribution >= 0.6 is 0 Å². The number of carbonyl (C=O) groups excluding carboxylic acids is 1. The van der Waals surface area contributed by atoms with Crippen molar-refractivity contribution in [1.29, 1.82) is 0 Å². The highest BCUT2D eigenvalue weighted by molar-refractivity contribution is 5.80. The van der Waals surface area contributed by atoms with Gasteiger partial charge >= 0.3 is 0 Å². The molecule has 1 saturated heterocycles.